The number of ether oxygens (including phenoxy) is 1. The lowest BCUT2D eigenvalue weighted by atomic mass is 10.2. The van der Waals surface area contributed by atoms with Crippen LogP contribution in [0.1, 0.15) is 24.7 Å². The van der Waals surface area contributed by atoms with Gasteiger partial charge in [-0.05, 0) is 29.3 Å². The Morgan fingerprint density at radius 1 is 1.35 bits per heavy atom. The lowest BCUT2D eigenvalue weighted by Gasteiger charge is -2.08. The SMILES string of the molecule is CCCc1nc(-c2c(C)nn(C)c2OC)nc(Cl)c1Br. The van der Waals surface area contributed by atoms with Crippen molar-refractivity contribution in [3.05, 3.63) is 21.0 Å². The van der Waals surface area contributed by atoms with Crippen LogP contribution in [0.15, 0.2) is 4.47 Å². The van der Waals surface area contributed by atoms with Gasteiger partial charge in [0.05, 0.1) is 23.0 Å². The van der Waals surface area contributed by atoms with Crippen LogP contribution in [0.3, 0.4) is 0 Å². The number of rotatable bonds is 4. The molecule has 0 saturated heterocycles. The summed E-state index contributed by atoms with van der Waals surface area (Å²) >= 11 is 9.63. The normalized spacial score (nSPS) is 10.9. The molecule has 0 aromatic carbocycles. The van der Waals surface area contributed by atoms with Crippen molar-refractivity contribution >= 4 is 27.5 Å². The van der Waals surface area contributed by atoms with Crippen LogP contribution in [0.4, 0.5) is 0 Å². The van der Waals surface area contributed by atoms with Crippen molar-refractivity contribution in [1.29, 1.82) is 0 Å². The minimum absolute atomic E-state index is 0.406. The molecule has 2 aromatic heterocycles. The van der Waals surface area contributed by atoms with Crippen molar-refractivity contribution in [1.82, 2.24) is 19.7 Å². The Labute approximate surface area is 131 Å². The van der Waals surface area contributed by atoms with E-state index in [1.807, 2.05) is 14.0 Å². The fourth-order valence-electron chi connectivity index (χ4n) is 2.11. The third-order valence-electron chi connectivity index (χ3n) is 2.95. The largest absolute Gasteiger partial charge is 0.481 e. The van der Waals surface area contributed by atoms with E-state index in [2.05, 4.69) is 37.9 Å². The van der Waals surface area contributed by atoms with Crippen LogP contribution in [0, 0.1) is 6.92 Å². The summed E-state index contributed by atoms with van der Waals surface area (Å²) in [5.41, 5.74) is 2.49. The highest BCUT2D eigenvalue weighted by molar-refractivity contribution is 9.10. The van der Waals surface area contributed by atoms with E-state index < -0.39 is 0 Å². The smallest absolute Gasteiger partial charge is 0.222 e. The summed E-state index contributed by atoms with van der Waals surface area (Å²) in [6, 6.07) is 0. The molecule has 0 radical (unpaired) electrons. The van der Waals surface area contributed by atoms with Gasteiger partial charge in [0, 0.05) is 7.05 Å². The zero-order valence-electron chi connectivity index (χ0n) is 11.9. The molecule has 0 N–H and O–H groups in total. The van der Waals surface area contributed by atoms with Gasteiger partial charge in [-0.25, -0.2) is 14.6 Å². The van der Waals surface area contributed by atoms with Crippen molar-refractivity contribution < 1.29 is 4.74 Å². The van der Waals surface area contributed by atoms with Crippen molar-refractivity contribution in [3.63, 3.8) is 0 Å². The third-order valence-corrected chi connectivity index (χ3v) is 4.29. The Balaban J connectivity index is 2.64. The quantitative estimate of drug-likeness (QED) is 0.783. The van der Waals surface area contributed by atoms with Gasteiger partial charge >= 0.3 is 0 Å². The highest BCUT2D eigenvalue weighted by Gasteiger charge is 2.21. The summed E-state index contributed by atoms with van der Waals surface area (Å²) in [4.78, 5) is 8.94. The van der Waals surface area contributed by atoms with E-state index in [0.717, 1.165) is 34.3 Å². The van der Waals surface area contributed by atoms with Crippen LogP contribution in [0.25, 0.3) is 11.4 Å². The Kier molecular flexibility index (Phi) is 4.65. The zero-order chi connectivity index (χ0) is 14.9. The summed E-state index contributed by atoms with van der Waals surface area (Å²) < 4.78 is 7.81. The average molecular weight is 360 g/mol. The molecule has 0 aliphatic rings. The molecule has 0 aliphatic carbocycles. The molecule has 0 spiro atoms. The monoisotopic (exact) mass is 358 g/mol. The summed E-state index contributed by atoms with van der Waals surface area (Å²) in [6.45, 7) is 3.99. The van der Waals surface area contributed by atoms with Crippen molar-refractivity contribution in [3.8, 4) is 17.3 Å². The lowest BCUT2D eigenvalue weighted by Crippen LogP contribution is -2.01. The third kappa shape index (κ3) is 2.67. The van der Waals surface area contributed by atoms with Crippen LogP contribution in [0.5, 0.6) is 5.88 Å². The van der Waals surface area contributed by atoms with Crippen LogP contribution < -0.4 is 4.74 Å². The summed E-state index contributed by atoms with van der Waals surface area (Å²) in [7, 11) is 3.43. The summed E-state index contributed by atoms with van der Waals surface area (Å²) in [5.74, 6) is 1.17. The molecule has 108 valence electrons. The van der Waals surface area contributed by atoms with Crippen LogP contribution >= 0.6 is 27.5 Å². The minimum atomic E-state index is 0.406. The van der Waals surface area contributed by atoms with E-state index in [-0.39, 0.29) is 0 Å². The minimum Gasteiger partial charge on any atom is -0.481 e. The molecule has 0 aliphatic heterocycles. The van der Waals surface area contributed by atoms with Gasteiger partial charge in [-0.3, -0.25) is 0 Å². The first-order valence-electron chi connectivity index (χ1n) is 6.29. The van der Waals surface area contributed by atoms with Gasteiger partial charge < -0.3 is 4.74 Å². The number of methoxy groups -OCH3 is 1. The standard InChI is InChI=1S/C13H16BrClN4O/c1-5-6-8-10(14)11(15)17-12(16-8)9-7(2)18-19(3)13(9)20-4/h5-6H2,1-4H3. The number of halogens is 2. The Bertz CT molecular complexity index is 642. The molecular formula is C13H16BrClN4O. The molecule has 5 nitrogen and oxygen atoms in total. The molecule has 0 saturated carbocycles. The first-order chi connectivity index (χ1) is 9.49. The van der Waals surface area contributed by atoms with Crippen LogP contribution in [-0.4, -0.2) is 26.9 Å². The molecule has 2 heterocycles. The number of aromatic nitrogens is 4. The molecule has 2 aromatic rings. The highest BCUT2D eigenvalue weighted by Crippen LogP contribution is 2.33. The molecule has 20 heavy (non-hydrogen) atoms. The van der Waals surface area contributed by atoms with Gasteiger partial charge in [0.1, 0.15) is 10.7 Å². The molecular weight excluding hydrogens is 344 g/mol. The summed E-state index contributed by atoms with van der Waals surface area (Å²) in [5, 5.41) is 4.75. The van der Waals surface area contributed by atoms with E-state index in [1.165, 1.54) is 0 Å². The number of hydrogen-bond donors (Lipinski definition) is 0. The maximum absolute atomic E-state index is 6.19. The highest BCUT2D eigenvalue weighted by atomic mass is 79.9. The number of hydrogen-bond acceptors (Lipinski definition) is 4. The Morgan fingerprint density at radius 3 is 2.65 bits per heavy atom. The van der Waals surface area contributed by atoms with Crippen LogP contribution in [0.2, 0.25) is 5.15 Å². The second-order valence-corrected chi connectivity index (χ2v) is 5.59. The van der Waals surface area contributed by atoms with E-state index in [0.29, 0.717) is 16.9 Å². The fourth-order valence-corrected chi connectivity index (χ4v) is 2.67. The first kappa shape index (κ1) is 15.3. The molecule has 0 fully saturated rings. The Hall–Kier alpha value is -1.14. The van der Waals surface area contributed by atoms with Gasteiger partial charge in [0.2, 0.25) is 5.88 Å². The molecule has 0 amide bonds. The zero-order valence-corrected chi connectivity index (χ0v) is 14.2. The fraction of sp³-hybridized carbons (Fsp3) is 0.462. The predicted octanol–water partition coefficient (Wildman–Crippen LogP) is 3.56. The van der Waals surface area contributed by atoms with Gasteiger partial charge in [0.25, 0.3) is 0 Å². The van der Waals surface area contributed by atoms with E-state index in [4.69, 9.17) is 16.3 Å². The van der Waals surface area contributed by atoms with E-state index in [1.54, 1.807) is 11.8 Å². The molecule has 0 atom stereocenters. The Morgan fingerprint density at radius 2 is 2.05 bits per heavy atom. The average Bonchev–Trinajstić information content (AvgIpc) is 2.69. The second-order valence-electron chi connectivity index (χ2n) is 4.44. The maximum Gasteiger partial charge on any atom is 0.222 e. The molecule has 2 rings (SSSR count). The van der Waals surface area contributed by atoms with E-state index in [9.17, 15) is 0 Å². The van der Waals surface area contributed by atoms with Crippen molar-refractivity contribution in [2.45, 2.75) is 26.7 Å². The van der Waals surface area contributed by atoms with E-state index >= 15 is 0 Å². The van der Waals surface area contributed by atoms with Crippen LogP contribution in [-0.2, 0) is 13.5 Å². The molecule has 0 bridgehead atoms. The number of aryl methyl sites for hydroxylation is 3. The number of nitrogens with zero attached hydrogens (tertiary/aromatic N) is 4. The lowest BCUT2D eigenvalue weighted by molar-refractivity contribution is 0.374. The maximum atomic E-state index is 6.19. The molecule has 0 unspecified atom stereocenters. The topological polar surface area (TPSA) is 52.8 Å². The van der Waals surface area contributed by atoms with Gasteiger partial charge in [-0.15, -0.1) is 0 Å². The predicted molar refractivity (Wildman–Crippen MR) is 82.2 cm³/mol. The van der Waals surface area contributed by atoms with Crippen molar-refractivity contribution in [2.75, 3.05) is 7.11 Å². The van der Waals surface area contributed by atoms with Gasteiger partial charge in [-0.2, -0.15) is 5.10 Å². The molecule has 7 heteroatoms. The van der Waals surface area contributed by atoms with Gasteiger partial charge in [-0.1, -0.05) is 24.9 Å². The second kappa shape index (κ2) is 6.10. The summed E-state index contributed by atoms with van der Waals surface area (Å²) in [6.07, 6.45) is 1.81. The van der Waals surface area contributed by atoms with Gasteiger partial charge in [0.15, 0.2) is 5.82 Å². The first-order valence-corrected chi connectivity index (χ1v) is 7.46. The van der Waals surface area contributed by atoms with Crippen molar-refractivity contribution in [2.24, 2.45) is 7.05 Å².